The molecule has 0 aliphatic rings. The maximum absolute atomic E-state index is 8.80. The van der Waals surface area contributed by atoms with Gasteiger partial charge in [-0.3, -0.25) is 4.68 Å². The molecule has 1 aromatic heterocycles. The molecule has 92 valence electrons. The first kappa shape index (κ1) is 13.2. The Morgan fingerprint density at radius 2 is 2.25 bits per heavy atom. The molecule has 0 bridgehead atoms. The molecule has 4 nitrogen and oxygen atoms in total. The SMILES string of the molecule is Cn1cc(CNCC(C)(C)CCCO)cn1. The van der Waals surface area contributed by atoms with Crippen molar-refractivity contribution in [3.63, 3.8) is 0 Å². The summed E-state index contributed by atoms with van der Waals surface area (Å²) in [7, 11) is 1.93. The number of rotatable bonds is 7. The maximum Gasteiger partial charge on any atom is 0.0534 e. The summed E-state index contributed by atoms with van der Waals surface area (Å²) < 4.78 is 1.81. The Morgan fingerprint density at radius 1 is 1.50 bits per heavy atom. The van der Waals surface area contributed by atoms with Crippen molar-refractivity contribution in [1.82, 2.24) is 15.1 Å². The van der Waals surface area contributed by atoms with Gasteiger partial charge in [0.1, 0.15) is 0 Å². The minimum absolute atomic E-state index is 0.241. The van der Waals surface area contributed by atoms with Gasteiger partial charge in [0.15, 0.2) is 0 Å². The van der Waals surface area contributed by atoms with E-state index in [4.69, 9.17) is 5.11 Å². The highest BCUT2D eigenvalue weighted by Gasteiger charge is 2.16. The minimum Gasteiger partial charge on any atom is -0.396 e. The lowest BCUT2D eigenvalue weighted by molar-refractivity contribution is 0.236. The number of aliphatic hydroxyl groups excluding tert-OH is 1. The second-order valence-corrected chi connectivity index (χ2v) is 5.12. The van der Waals surface area contributed by atoms with Crippen LogP contribution in [0.25, 0.3) is 0 Å². The Balaban J connectivity index is 2.24. The van der Waals surface area contributed by atoms with Crippen LogP contribution in [0.4, 0.5) is 0 Å². The van der Waals surface area contributed by atoms with Crippen molar-refractivity contribution in [2.24, 2.45) is 12.5 Å². The van der Waals surface area contributed by atoms with Gasteiger partial charge in [-0.05, 0) is 18.3 Å². The lowest BCUT2D eigenvalue weighted by Gasteiger charge is -2.24. The van der Waals surface area contributed by atoms with E-state index in [2.05, 4.69) is 24.3 Å². The van der Waals surface area contributed by atoms with Crippen molar-refractivity contribution in [1.29, 1.82) is 0 Å². The molecular weight excluding hydrogens is 202 g/mol. The van der Waals surface area contributed by atoms with Crippen LogP contribution in [0, 0.1) is 5.41 Å². The van der Waals surface area contributed by atoms with Crippen LogP contribution in [0.2, 0.25) is 0 Å². The average molecular weight is 225 g/mol. The normalized spacial score (nSPS) is 12.0. The number of nitrogens with one attached hydrogen (secondary N) is 1. The van der Waals surface area contributed by atoms with E-state index < -0.39 is 0 Å². The molecule has 0 fully saturated rings. The highest BCUT2D eigenvalue weighted by atomic mass is 16.2. The number of hydrogen-bond acceptors (Lipinski definition) is 3. The number of aryl methyl sites for hydroxylation is 1. The molecule has 0 saturated carbocycles. The molecular formula is C12H23N3O. The molecule has 1 heterocycles. The molecule has 0 radical (unpaired) electrons. The first-order chi connectivity index (χ1) is 7.53. The van der Waals surface area contributed by atoms with E-state index in [1.54, 1.807) is 0 Å². The first-order valence-corrected chi connectivity index (χ1v) is 5.82. The van der Waals surface area contributed by atoms with E-state index in [1.807, 2.05) is 24.1 Å². The van der Waals surface area contributed by atoms with Gasteiger partial charge in [0.2, 0.25) is 0 Å². The standard InChI is InChI=1S/C12H23N3O/c1-12(2,5-4-6-16)10-13-7-11-8-14-15(3)9-11/h8-9,13,16H,4-7,10H2,1-3H3. The van der Waals surface area contributed by atoms with Crippen LogP contribution in [0.15, 0.2) is 12.4 Å². The number of aromatic nitrogens is 2. The predicted molar refractivity (Wildman–Crippen MR) is 65.0 cm³/mol. The van der Waals surface area contributed by atoms with Crippen LogP contribution in [0.3, 0.4) is 0 Å². The lowest BCUT2D eigenvalue weighted by Crippen LogP contribution is -2.29. The predicted octanol–water partition coefficient (Wildman–Crippen LogP) is 1.31. The van der Waals surface area contributed by atoms with E-state index in [0.29, 0.717) is 0 Å². The Kier molecular flexibility index (Phi) is 4.96. The monoisotopic (exact) mass is 225 g/mol. The molecule has 0 aromatic carbocycles. The summed E-state index contributed by atoms with van der Waals surface area (Å²) >= 11 is 0. The second kappa shape index (κ2) is 6.01. The quantitative estimate of drug-likeness (QED) is 0.735. The van der Waals surface area contributed by atoms with Crippen LogP contribution in [0.1, 0.15) is 32.3 Å². The number of nitrogens with zero attached hydrogens (tertiary/aromatic N) is 2. The van der Waals surface area contributed by atoms with Crippen molar-refractivity contribution in [2.75, 3.05) is 13.2 Å². The van der Waals surface area contributed by atoms with E-state index in [1.165, 1.54) is 5.56 Å². The average Bonchev–Trinajstić information content (AvgIpc) is 2.61. The fourth-order valence-electron chi connectivity index (χ4n) is 1.75. The summed E-state index contributed by atoms with van der Waals surface area (Å²) in [5.41, 5.74) is 1.45. The Hall–Kier alpha value is -0.870. The highest BCUT2D eigenvalue weighted by molar-refractivity contribution is 5.02. The van der Waals surface area contributed by atoms with Crippen molar-refractivity contribution in [3.05, 3.63) is 18.0 Å². The Morgan fingerprint density at radius 3 is 2.81 bits per heavy atom. The molecule has 0 atom stereocenters. The van der Waals surface area contributed by atoms with E-state index >= 15 is 0 Å². The van der Waals surface area contributed by atoms with Crippen LogP contribution in [-0.4, -0.2) is 28.0 Å². The molecule has 0 amide bonds. The van der Waals surface area contributed by atoms with Crippen molar-refractivity contribution in [3.8, 4) is 0 Å². The Bertz CT molecular complexity index is 307. The van der Waals surface area contributed by atoms with Crippen LogP contribution in [0.5, 0.6) is 0 Å². The molecule has 4 heteroatoms. The summed E-state index contributed by atoms with van der Waals surface area (Å²) in [6.07, 6.45) is 5.83. The summed E-state index contributed by atoms with van der Waals surface area (Å²) in [4.78, 5) is 0. The van der Waals surface area contributed by atoms with E-state index in [9.17, 15) is 0 Å². The smallest absolute Gasteiger partial charge is 0.0534 e. The lowest BCUT2D eigenvalue weighted by atomic mass is 9.88. The van der Waals surface area contributed by atoms with E-state index in [-0.39, 0.29) is 12.0 Å². The second-order valence-electron chi connectivity index (χ2n) is 5.12. The topological polar surface area (TPSA) is 50.1 Å². The molecule has 1 rings (SSSR count). The third kappa shape index (κ3) is 4.77. The molecule has 0 unspecified atom stereocenters. The molecule has 16 heavy (non-hydrogen) atoms. The van der Waals surface area contributed by atoms with Crippen LogP contribution >= 0.6 is 0 Å². The van der Waals surface area contributed by atoms with Gasteiger partial charge in [-0.1, -0.05) is 13.8 Å². The molecule has 0 aliphatic carbocycles. The molecule has 0 saturated heterocycles. The van der Waals surface area contributed by atoms with Gasteiger partial charge >= 0.3 is 0 Å². The van der Waals surface area contributed by atoms with Crippen molar-refractivity contribution < 1.29 is 5.11 Å². The zero-order chi connectivity index (χ0) is 12.0. The molecule has 0 spiro atoms. The molecule has 0 aliphatic heterocycles. The van der Waals surface area contributed by atoms with Gasteiger partial charge in [0.25, 0.3) is 0 Å². The summed E-state index contributed by atoms with van der Waals surface area (Å²) in [5.74, 6) is 0. The Labute approximate surface area is 97.7 Å². The largest absolute Gasteiger partial charge is 0.396 e. The maximum atomic E-state index is 8.80. The molecule has 2 N–H and O–H groups in total. The van der Waals surface area contributed by atoms with Gasteiger partial charge in [0.05, 0.1) is 6.20 Å². The third-order valence-electron chi connectivity index (χ3n) is 2.70. The van der Waals surface area contributed by atoms with Gasteiger partial charge in [0, 0.05) is 38.5 Å². The van der Waals surface area contributed by atoms with Gasteiger partial charge in [-0.2, -0.15) is 5.10 Å². The fraction of sp³-hybridized carbons (Fsp3) is 0.750. The summed E-state index contributed by atoms with van der Waals surface area (Å²) in [5, 5.41) is 16.4. The van der Waals surface area contributed by atoms with Crippen molar-refractivity contribution in [2.45, 2.75) is 33.2 Å². The number of aliphatic hydroxyl groups is 1. The fourth-order valence-corrected chi connectivity index (χ4v) is 1.75. The third-order valence-corrected chi connectivity index (χ3v) is 2.70. The van der Waals surface area contributed by atoms with Gasteiger partial charge in [-0.15, -0.1) is 0 Å². The van der Waals surface area contributed by atoms with Gasteiger partial charge < -0.3 is 10.4 Å². The first-order valence-electron chi connectivity index (χ1n) is 5.82. The minimum atomic E-state index is 0.241. The summed E-state index contributed by atoms with van der Waals surface area (Å²) in [6.45, 7) is 6.54. The van der Waals surface area contributed by atoms with Crippen LogP contribution < -0.4 is 5.32 Å². The summed E-state index contributed by atoms with van der Waals surface area (Å²) in [6, 6.07) is 0. The highest BCUT2D eigenvalue weighted by Crippen LogP contribution is 2.20. The van der Waals surface area contributed by atoms with Crippen LogP contribution in [-0.2, 0) is 13.6 Å². The zero-order valence-electron chi connectivity index (χ0n) is 10.5. The molecule has 1 aromatic rings. The van der Waals surface area contributed by atoms with Gasteiger partial charge in [-0.25, -0.2) is 0 Å². The van der Waals surface area contributed by atoms with E-state index in [0.717, 1.165) is 25.9 Å². The zero-order valence-corrected chi connectivity index (χ0v) is 10.5. The number of hydrogen-bond donors (Lipinski definition) is 2. The van der Waals surface area contributed by atoms with Crippen molar-refractivity contribution >= 4 is 0 Å².